The zero-order valence-electron chi connectivity index (χ0n) is 11.4. The minimum absolute atomic E-state index is 0.190. The van der Waals surface area contributed by atoms with E-state index in [1.165, 1.54) is 21.2 Å². The Bertz CT molecular complexity index is 674. The van der Waals surface area contributed by atoms with Gasteiger partial charge in [-0.25, -0.2) is 0 Å². The van der Waals surface area contributed by atoms with E-state index in [0.29, 0.717) is 0 Å². The summed E-state index contributed by atoms with van der Waals surface area (Å²) in [6.07, 6.45) is 6.85. The molecule has 1 N–H and O–H groups in total. The Hall–Kier alpha value is -1.78. The number of fused-ring (bicyclic) bond motifs is 1. The molecule has 2 heterocycles. The van der Waals surface area contributed by atoms with Crippen LogP contribution in [0.5, 0.6) is 0 Å². The van der Waals surface area contributed by atoms with Crippen LogP contribution in [0.2, 0.25) is 0 Å². The molecule has 0 aliphatic rings. The first-order valence-electron chi connectivity index (χ1n) is 6.84. The van der Waals surface area contributed by atoms with Gasteiger partial charge in [0, 0.05) is 28.9 Å². The lowest BCUT2D eigenvalue weighted by Crippen LogP contribution is -2.22. The summed E-state index contributed by atoms with van der Waals surface area (Å²) in [5.41, 5.74) is 3.16. The van der Waals surface area contributed by atoms with Gasteiger partial charge in [0.2, 0.25) is 0 Å². The number of aromatic nitrogens is 2. The van der Waals surface area contributed by atoms with Crippen molar-refractivity contribution in [2.24, 2.45) is 0 Å². The zero-order chi connectivity index (χ0) is 13.8. The van der Waals surface area contributed by atoms with Gasteiger partial charge in [0.15, 0.2) is 0 Å². The lowest BCUT2D eigenvalue weighted by Gasteiger charge is -2.19. The first kappa shape index (κ1) is 13.2. The van der Waals surface area contributed by atoms with Crippen LogP contribution in [0.4, 0.5) is 0 Å². The SMILES string of the molecule is CCCNC(c1cncs1)c1cccc2ccncc12. The summed E-state index contributed by atoms with van der Waals surface area (Å²) >= 11 is 1.69. The van der Waals surface area contributed by atoms with Crippen molar-refractivity contribution < 1.29 is 0 Å². The molecule has 102 valence electrons. The van der Waals surface area contributed by atoms with Crippen molar-refractivity contribution in [2.45, 2.75) is 19.4 Å². The van der Waals surface area contributed by atoms with Gasteiger partial charge in [-0.05, 0) is 30.0 Å². The van der Waals surface area contributed by atoms with Crippen LogP contribution in [0.15, 0.2) is 48.4 Å². The van der Waals surface area contributed by atoms with E-state index in [-0.39, 0.29) is 6.04 Å². The third-order valence-electron chi connectivity index (χ3n) is 3.36. The maximum absolute atomic E-state index is 4.28. The Morgan fingerprint density at radius 1 is 1.20 bits per heavy atom. The van der Waals surface area contributed by atoms with Crippen LogP contribution in [0.1, 0.15) is 29.8 Å². The minimum Gasteiger partial charge on any atom is -0.306 e. The Kier molecular flexibility index (Phi) is 4.04. The summed E-state index contributed by atoms with van der Waals surface area (Å²) in [5, 5.41) is 6.06. The highest BCUT2D eigenvalue weighted by Crippen LogP contribution is 2.30. The van der Waals surface area contributed by atoms with Crippen LogP contribution in [-0.4, -0.2) is 16.5 Å². The molecule has 1 atom stereocenters. The fraction of sp³-hybridized carbons (Fsp3) is 0.250. The summed E-state index contributed by atoms with van der Waals surface area (Å²) in [6, 6.07) is 8.67. The summed E-state index contributed by atoms with van der Waals surface area (Å²) in [5.74, 6) is 0. The summed E-state index contributed by atoms with van der Waals surface area (Å²) in [6.45, 7) is 3.17. The van der Waals surface area contributed by atoms with Crippen molar-refractivity contribution in [1.29, 1.82) is 0 Å². The predicted octanol–water partition coefficient (Wildman–Crippen LogP) is 3.78. The monoisotopic (exact) mass is 283 g/mol. The number of pyridine rings is 1. The van der Waals surface area contributed by atoms with Crippen LogP contribution in [0.3, 0.4) is 0 Å². The highest BCUT2D eigenvalue weighted by molar-refractivity contribution is 7.09. The molecule has 20 heavy (non-hydrogen) atoms. The molecule has 0 spiro atoms. The van der Waals surface area contributed by atoms with E-state index in [1.54, 1.807) is 11.3 Å². The lowest BCUT2D eigenvalue weighted by molar-refractivity contribution is 0.608. The van der Waals surface area contributed by atoms with E-state index in [4.69, 9.17) is 0 Å². The number of nitrogens with zero attached hydrogens (tertiary/aromatic N) is 2. The fourth-order valence-electron chi connectivity index (χ4n) is 2.41. The predicted molar refractivity (Wildman–Crippen MR) is 84.0 cm³/mol. The lowest BCUT2D eigenvalue weighted by atomic mass is 9.99. The average Bonchev–Trinajstić information content (AvgIpc) is 3.02. The van der Waals surface area contributed by atoms with Gasteiger partial charge in [0.25, 0.3) is 0 Å². The van der Waals surface area contributed by atoms with Crippen LogP contribution in [0, 0.1) is 0 Å². The van der Waals surface area contributed by atoms with E-state index < -0.39 is 0 Å². The van der Waals surface area contributed by atoms with Gasteiger partial charge in [0.05, 0.1) is 11.6 Å². The topological polar surface area (TPSA) is 37.8 Å². The minimum atomic E-state index is 0.190. The maximum atomic E-state index is 4.28. The highest BCUT2D eigenvalue weighted by atomic mass is 32.1. The molecule has 1 unspecified atom stereocenters. The molecule has 0 fully saturated rings. The molecule has 3 aromatic rings. The second-order valence-electron chi connectivity index (χ2n) is 4.73. The second kappa shape index (κ2) is 6.11. The average molecular weight is 283 g/mol. The van der Waals surface area contributed by atoms with Crippen LogP contribution in [0.25, 0.3) is 10.8 Å². The first-order chi connectivity index (χ1) is 9.90. The van der Waals surface area contributed by atoms with Crippen LogP contribution >= 0.6 is 11.3 Å². The van der Waals surface area contributed by atoms with Crippen molar-refractivity contribution in [3.63, 3.8) is 0 Å². The molecule has 0 aliphatic carbocycles. The number of hydrogen-bond donors (Lipinski definition) is 1. The maximum Gasteiger partial charge on any atom is 0.0794 e. The van der Waals surface area contributed by atoms with Gasteiger partial charge in [-0.2, -0.15) is 0 Å². The summed E-state index contributed by atoms with van der Waals surface area (Å²) in [7, 11) is 0. The molecule has 0 radical (unpaired) electrons. The number of rotatable bonds is 5. The van der Waals surface area contributed by atoms with E-state index in [9.17, 15) is 0 Å². The van der Waals surface area contributed by atoms with E-state index in [2.05, 4.69) is 46.5 Å². The van der Waals surface area contributed by atoms with Gasteiger partial charge >= 0.3 is 0 Å². The zero-order valence-corrected chi connectivity index (χ0v) is 12.2. The van der Waals surface area contributed by atoms with E-state index in [1.807, 2.05) is 24.1 Å². The number of nitrogens with one attached hydrogen (secondary N) is 1. The third kappa shape index (κ3) is 2.57. The highest BCUT2D eigenvalue weighted by Gasteiger charge is 2.17. The summed E-state index contributed by atoms with van der Waals surface area (Å²) in [4.78, 5) is 9.74. The van der Waals surface area contributed by atoms with Crippen molar-refractivity contribution in [2.75, 3.05) is 6.54 Å². The van der Waals surface area contributed by atoms with Gasteiger partial charge < -0.3 is 5.32 Å². The molecular formula is C16H17N3S. The molecule has 0 amide bonds. The molecule has 0 aliphatic heterocycles. The molecule has 2 aromatic heterocycles. The van der Waals surface area contributed by atoms with Gasteiger partial charge in [-0.15, -0.1) is 11.3 Å². The first-order valence-corrected chi connectivity index (χ1v) is 7.72. The Balaban J connectivity index is 2.09. The summed E-state index contributed by atoms with van der Waals surface area (Å²) < 4.78 is 0. The molecule has 3 nitrogen and oxygen atoms in total. The number of thiazole rings is 1. The number of hydrogen-bond acceptors (Lipinski definition) is 4. The van der Waals surface area contributed by atoms with Gasteiger partial charge in [-0.3, -0.25) is 9.97 Å². The fourth-order valence-corrected chi connectivity index (χ4v) is 3.12. The molecule has 0 saturated heterocycles. The normalized spacial score (nSPS) is 12.7. The van der Waals surface area contributed by atoms with Gasteiger partial charge in [0.1, 0.15) is 0 Å². The van der Waals surface area contributed by atoms with Gasteiger partial charge in [-0.1, -0.05) is 25.1 Å². The molecule has 0 saturated carbocycles. The Morgan fingerprint density at radius 3 is 2.95 bits per heavy atom. The van der Waals surface area contributed by atoms with Crippen molar-refractivity contribution in [3.05, 3.63) is 58.8 Å². The largest absolute Gasteiger partial charge is 0.306 e. The van der Waals surface area contributed by atoms with Crippen molar-refractivity contribution >= 4 is 22.1 Å². The molecule has 1 aromatic carbocycles. The van der Waals surface area contributed by atoms with Crippen LogP contribution in [-0.2, 0) is 0 Å². The quantitative estimate of drug-likeness (QED) is 0.774. The standard InChI is InChI=1S/C16H17N3S/c1-2-7-19-16(15-10-18-11-20-15)13-5-3-4-12-6-8-17-9-14(12)13/h3-6,8-11,16,19H,2,7H2,1H3. The molecule has 4 heteroatoms. The molecule has 3 rings (SSSR count). The van der Waals surface area contributed by atoms with Crippen molar-refractivity contribution in [1.82, 2.24) is 15.3 Å². The molecule has 0 bridgehead atoms. The Labute approximate surface area is 122 Å². The molecular weight excluding hydrogens is 266 g/mol. The number of benzene rings is 1. The van der Waals surface area contributed by atoms with Crippen molar-refractivity contribution in [3.8, 4) is 0 Å². The third-order valence-corrected chi connectivity index (χ3v) is 4.20. The van der Waals surface area contributed by atoms with Crippen LogP contribution < -0.4 is 5.32 Å². The Morgan fingerprint density at radius 2 is 2.15 bits per heavy atom. The van der Waals surface area contributed by atoms with E-state index >= 15 is 0 Å². The second-order valence-corrected chi connectivity index (χ2v) is 5.65. The smallest absolute Gasteiger partial charge is 0.0794 e. The van der Waals surface area contributed by atoms with E-state index in [0.717, 1.165) is 13.0 Å².